The highest BCUT2D eigenvalue weighted by Gasteiger charge is 2.21. The van der Waals surface area contributed by atoms with Gasteiger partial charge in [-0.05, 0) is 12.5 Å². The molecule has 3 heterocycles. The predicted molar refractivity (Wildman–Crippen MR) is 56.4 cm³/mol. The van der Waals surface area contributed by atoms with Gasteiger partial charge in [-0.3, -0.25) is 4.98 Å². The van der Waals surface area contributed by atoms with Crippen LogP contribution in [0.1, 0.15) is 12.5 Å². The molecule has 2 aromatic heterocycles. The molecule has 1 fully saturated rings. The van der Waals surface area contributed by atoms with E-state index in [1.165, 1.54) is 0 Å². The number of fused-ring (bicyclic) bond motifs is 1. The minimum Gasteiger partial charge on any atom is -0.379 e. The first-order valence-electron chi connectivity index (χ1n) is 5.01. The first-order chi connectivity index (χ1) is 7.36. The standard InChI is InChI=1S/C10H12N4O/c11-10-13-8-5-12-3-1-9(8)14(10)7-2-4-15-6-7/h1,3,5,7H,2,4,6H2,(H2,11,13). The van der Waals surface area contributed by atoms with Crippen LogP contribution in [0.2, 0.25) is 0 Å². The Hall–Kier alpha value is -1.62. The molecule has 5 heteroatoms. The smallest absolute Gasteiger partial charge is 0.201 e. The lowest BCUT2D eigenvalue weighted by atomic mass is 10.2. The minimum absolute atomic E-state index is 0.317. The fourth-order valence-electron chi connectivity index (χ4n) is 2.08. The number of aromatic nitrogens is 3. The molecule has 0 aromatic carbocycles. The van der Waals surface area contributed by atoms with Crippen molar-refractivity contribution in [3.8, 4) is 0 Å². The molecule has 0 amide bonds. The Bertz CT molecular complexity index is 487. The number of pyridine rings is 1. The van der Waals surface area contributed by atoms with E-state index in [0.29, 0.717) is 12.0 Å². The molecule has 1 aliphatic rings. The normalized spacial score (nSPS) is 21.2. The molecule has 1 saturated heterocycles. The van der Waals surface area contributed by atoms with Gasteiger partial charge < -0.3 is 15.0 Å². The lowest BCUT2D eigenvalue weighted by molar-refractivity contribution is 0.187. The molecule has 1 atom stereocenters. The van der Waals surface area contributed by atoms with E-state index >= 15 is 0 Å². The van der Waals surface area contributed by atoms with Crippen LogP contribution in [0, 0.1) is 0 Å². The summed E-state index contributed by atoms with van der Waals surface area (Å²) in [6, 6.07) is 2.26. The van der Waals surface area contributed by atoms with Gasteiger partial charge in [0.05, 0.1) is 24.4 Å². The highest BCUT2D eigenvalue weighted by Crippen LogP contribution is 2.27. The van der Waals surface area contributed by atoms with Gasteiger partial charge >= 0.3 is 0 Å². The van der Waals surface area contributed by atoms with E-state index in [2.05, 4.69) is 9.97 Å². The monoisotopic (exact) mass is 204 g/mol. The zero-order chi connectivity index (χ0) is 10.3. The summed E-state index contributed by atoms with van der Waals surface area (Å²) in [5.41, 5.74) is 7.79. The van der Waals surface area contributed by atoms with E-state index in [9.17, 15) is 0 Å². The van der Waals surface area contributed by atoms with E-state index in [1.54, 1.807) is 12.4 Å². The van der Waals surface area contributed by atoms with Crippen molar-refractivity contribution >= 4 is 17.0 Å². The van der Waals surface area contributed by atoms with Gasteiger partial charge in [0.1, 0.15) is 5.52 Å². The van der Waals surface area contributed by atoms with E-state index in [1.807, 2.05) is 10.6 Å². The van der Waals surface area contributed by atoms with Gasteiger partial charge in [-0.15, -0.1) is 0 Å². The van der Waals surface area contributed by atoms with Crippen molar-refractivity contribution in [2.45, 2.75) is 12.5 Å². The van der Waals surface area contributed by atoms with Gasteiger partial charge in [0.25, 0.3) is 0 Å². The number of imidazole rings is 1. The topological polar surface area (TPSA) is 66.0 Å². The number of ether oxygens (including phenoxy) is 1. The minimum atomic E-state index is 0.317. The molecule has 2 N–H and O–H groups in total. The van der Waals surface area contributed by atoms with Crippen LogP contribution in [0.3, 0.4) is 0 Å². The second-order valence-corrected chi connectivity index (χ2v) is 3.72. The summed E-state index contributed by atoms with van der Waals surface area (Å²) in [6.07, 6.45) is 4.49. The summed E-state index contributed by atoms with van der Waals surface area (Å²) in [5.74, 6) is 0.550. The van der Waals surface area contributed by atoms with E-state index < -0.39 is 0 Å². The lowest BCUT2D eigenvalue weighted by Crippen LogP contribution is -2.11. The van der Waals surface area contributed by atoms with Crippen LogP contribution in [0.5, 0.6) is 0 Å². The summed E-state index contributed by atoms with van der Waals surface area (Å²) in [5, 5.41) is 0. The molecule has 5 nitrogen and oxygen atoms in total. The van der Waals surface area contributed by atoms with Crippen LogP contribution in [0.25, 0.3) is 11.0 Å². The summed E-state index contributed by atoms with van der Waals surface area (Å²) in [7, 11) is 0. The maximum Gasteiger partial charge on any atom is 0.201 e. The zero-order valence-electron chi connectivity index (χ0n) is 8.26. The molecule has 0 saturated carbocycles. The number of rotatable bonds is 1. The molecule has 0 bridgehead atoms. The third-order valence-corrected chi connectivity index (χ3v) is 2.79. The average molecular weight is 204 g/mol. The highest BCUT2D eigenvalue weighted by atomic mass is 16.5. The Labute approximate surface area is 86.9 Å². The van der Waals surface area contributed by atoms with Gasteiger partial charge in [0, 0.05) is 12.8 Å². The van der Waals surface area contributed by atoms with E-state index in [-0.39, 0.29) is 0 Å². The third-order valence-electron chi connectivity index (χ3n) is 2.79. The Balaban J connectivity index is 2.19. The van der Waals surface area contributed by atoms with Crippen molar-refractivity contribution in [2.75, 3.05) is 18.9 Å². The summed E-state index contributed by atoms with van der Waals surface area (Å²) in [6.45, 7) is 1.52. The number of hydrogen-bond donors (Lipinski definition) is 1. The van der Waals surface area contributed by atoms with E-state index in [4.69, 9.17) is 10.5 Å². The summed E-state index contributed by atoms with van der Waals surface area (Å²) < 4.78 is 7.41. The summed E-state index contributed by atoms with van der Waals surface area (Å²) >= 11 is 0. The molecule has 1 aliphatic heterocycles. The van der Waals surface area contributed by atoms with Crippen LogP contribution < -0.4 is 5.73 Å². The Kier molecular flexibility index (Phi) is 1.85. The molecule has 2 aromatic rings. The van der Waals surface area contributed by atoms with Crippen LogP contribution in [-0.2, 0) is 4.74 Å². The van der Waals surface area contributed by atoms with Gasteiger partial charge in [0.2, 0.25) is 5.95 Å². The first kappa shape index (κ1) is 8.67. The average Bonchev–Trinajstić information content (AvgIpc) is 2.82. The lowest BCUT2D eigenvalue weighted by Gasteiger charge is -2.12. The zero-order valence-corrected chi connectivity index (χ0v) is 8.26. The number of anilines is 1. The predicted octanol–water partition coefficient (Wildman–Crippen LogP) is 0.975. The third kappa shape index (κ3) is 1.27. The van der Waals surface area contributed by atoms with Gasteiger partial charge in [-0.1, -0.05) is 0 Å². The Morgan fingerprint density at radius 1 is 1.53 bits per heavy atom. The molecular weight excluding hydrogens is 192 g/mol. The molecule has 0 spiro atoms. The molecule has 1 unspecified atom stereocenters. The summed E-state index contributed by atoms with van der Waals surface area (Å²) in [4.78, 5) is 8.31. The first-order valence-corrected chi connectivity index (χ1v) is 5.01. The van der Waals surface area contributed by atoms with Crippen LogP contribution in [0.4, 0.5) is 5.95 Å². The quantitative estimate of drug-likeness (QED) is 0.751. The van der Waals surface area contributed by atoms with Crippen molar-refractivity contribution in [1.82, 2.24) is 14.5 Å². The Morgan fingerprint density at radius 2 is 2.47 bits per heavy atom. The number of nitrogen functional groups attached to an aromatic ring is 1. The fraction of sp³-hybridized carbons (Fsp3) is 0.400. The second kappa shape index (κ2) is 3.20. The van der Waals surface area contributed by atoms with Crippen molar-refractivity contribution in [2.24, 2.45) is 0 Å². The maximum atomic E-state index is 5.90. The van der Waals surface area contributed by atoms with Crippen molar-refractivity contribution in [1.29, 1.82) is 0 Å². The van der Waals surface area contributed by atoms with Crippen LogP contribution in [0.15, 0.2) is 18.5 Å². The highest BCUT2D eigenvalue weighted by molar-refractivity contribution is 5.77. The molecule has 0 radical (unpaired) electrons. The largest absolute Gasteiger partial charge is 0.379 e. The number of nitrogens with zero attached hydrogens (tertiary/aromatic N) is 3. The SMILES string of the molecule is Nc1nc2cnccc2n1C1CCOC1. The molecule has 15 heavy (non-hydrogen) atoms. The van der Waals surface area contributed by atoms with E-state index in [0.717, 1.165) is 30.7 Å². The van der Waals surface area contributed by atoms with Gasteiger partial charge in [0.15, 0.2) is 0 Å². The van der Waals surface area contributed by atoms with Crippen molar-refractivity contribution < 1.29 is 4.74 Å². The number of nitrogens with two attached hydrogens (primary N) is 1. The maximum absolute atomic E-state index is 5.90. The van der Waals surface area contributed by atoms with Crippen molar-refractivity contribution in [3.05, 3.63) is 18.5 Å². The molecule has 3 rings (SSSR count). The molecule has 0 aliphatic carbocycles. The Morgan fingerprint density at radius 3 is 3.27 bits per heavy atom. The molecular formula is C10H12N4O. The van der Waals surface area contributed by atoms with Gasteiger partial charge in [-0.25, -0.2) is 4.98 Å². The molecule has 78 valence electrons. The van der Waals surface area contributed by atoms with Crippen LogP contribution in [-0.4, -0.2) is 27.7 Å². The second-order valence-electron chi connectivity index (χ2n) is 3.72. The van der Waals surface area contributed by atoms with Crippen molar-refractivity contribution in [3.63, 3.8) is 0 Å². The van der Waals surface area contributed by atoms with Gasteiger partial charge in [-0.2, -0.15) is 0 Å². The fourth-order valence-corrected chi connectivity index (χ4v) is 2.08. The number of hydrogen-bond acceptors (Lipinski definition) is 4. The van der Waals surface area contributed by atoms with Crippen LogP contribution >= 0.6 is 0 Å².